The molecule has 0 bridgehead atoms. The third kappa shape index (κ3) is 16.0. The standard InChI is InChI=1S/C90H162N4/c1-59-21-37-67(38-22-59)91(69-41-25-61(26-42-69)85(3,4)5)79-57-81(93(71-45-29-63(30-46-71)87(9,10)11)72-47-31-64(32-48-72)88(12,13)14)77-56-54-76-80(92(68-39-23-60(2)24-40-68)70-43-27-62(28-44-70)86(6,7)8)58-82(78-55-53-75(79)83(77)84(76)78)94(73-49-33-65(34-50-73)89(15,16)17)74-51-35-66(36-52-74)90(18,19)20/h59-84H,21-58H2,1-20H3. The quantitative estimate of drug-likeness (QED) is 0.193. The molecule has 10 unspecified atom stereocenters. The Labute approximate surface area is 586 Å². The lowest BCUT2D eigenvalue weighted by Gasteiger charge is -2.69. The van der Waals surface area contributed by atoms with Crippen LogP contribution in [0.25, 0.3) is 0 Å². The van der Waals surface area contributed by atoms with Crippen molar-refractivity contribution >= 4 is 0 Å². The number of rotatable bonds is 12. The van der Waals surface area contributed by atoms with E-state index in [9.17, 15) is 0 Å². The normalized spacial score (nSPS) is 44.4. The summed E-state index contributed by atoms with van der Waals surface area (Å²) in [6, 6.07) is 9.33. The van der Waals surface area contributed by atoms with E-state index in [1.54, 1.807) is 25.7 Å². The first-order valence-electron chi connectivity index (χ1n) is 43.3. The van der Waals surface area contributed by atoms with Gasteiger partial charge >= 0.3 is 0 Å². The number of hydrogen-bond acceptors (Lipinski definition) is 4. The van der Waals surface area contributed by atoms with E-state index in [1.807, 2.05) is 0 Å². The summed E-state index contributed by atoms with van der Waals surface area (Å²) in [6.07, 6.45) is 56.3. The van der Waals surface area contributed by atoms with Crippen molar-refractivity contribution in [3.8, 4) is 0 Å². The minimum Gasteiger partial charge on any atom is -0.294 e. The van der Waals surface area contributed by atoms with Crippen molar-refractivity contribution in [3.63, 3.8) is 0 Å². The van der Waals surface area contributed by atoms with Crippen LogP contribution in [0.4, 0.5) is 0 Å². The average Bonchev–Trinajstić information content (AvgIpc) is 0.701. The maximum atomic E-state index is 3.63. The lowest BCUT2D eigenvalue weighted by molar-refractivity contribution is -0.198. The smallest absolute Gasteiger partial charge is 0.0147 e. The molecule has 0 aliphatic heterocycles. The molecular weight excluding hydrogens is 1140 g/mol. The Morgan fingerprint density at radius 1 is 0.181 bits per heavy atom. The molecule has 0 radical (unpaired) electrons. The fourth-order valence-corrected chi connectivity index (χ4v) is 27.6. The van der Waals surface area contributed by atoms with E-state index in [0.29, 0.717) is 32.5 Å². The van der Waals surface area contributed by atoms with Gasteiger partial charge in [0.25, 0.3) is 0 Å². The lowest BCUT2D eigenvalue weighted by Crippen LogP contribution is -2.72. The summed E-state index contributed by atoms with van der Waals surface area (Å²) in [5.74, 6) is 12.3. The first-order chi connectivity index (χ1) is 44.2. The molecule has 12 fully saturated rings. The van der Waals surface area contributed by atoms with Gasteiger partial charge in [-0.15, -0.1) is 0 Å². The first-order valence-corrected chi connectivity index (χ1v) is 43.3. The summed E-state index contributed by atoms with van der Waals surface area (Å²) in [4.78, 5) is 14.5. The second-order valence-corrected chi connectivity index (χ2v) is 44.6. The predicted octanol–water partition coefficient (Wildman–Crippen LogP) is 24.5. The largest absolute Gasteiger partial charge is 0.294 e. The molecule has 12 rings (SSSR count). The SMILES string of the molecule is CC1CCC(N(C2CCC(C(C)(C)C)CC2)C2CC(N(C3CCC(C(C)(C)C)CC3)C3CCC(C(C)(C)C)CC3)C3CCC4C5C(CCC2C35)C(N(C2CCC(C(C)(C)C)CC2)C2CCC(C(C)(C)C)CC2)CC4N(C2CCC(C)CC2)C2CCC(C(C)(C)C)CC2)CC1. The second-order valence-electron chi connectivity index (χ2n) is 44.6. The van der Waals surface area contributed by atoms with Gasteiger partial charge < -0.3 is 0 Å². The monoisotopic (exact) mass is 1300 g/mol. The molecule has 0 spiro atoms. The summed E-state index contributed by atoms with van der Waals surface area (Å²) >= 11 is 0. The third-order valence-electron chi connectivity index (χ3n) is 33.4. The maximum Gasteiger partial charge on any atom is 0.0147 e. The molecule has 542 valence electrons. The van der Waals surface area contributed by atoms with Crippen molar-refractivity contribution in [1.82, 2.24) is 19.6 Å². The van der Waals surface area contributed by atoms with Crippen molar-refractivity contribution in [2.24, 2.45) is 115 Å². The average molecular weight is 1300 g/mol. The molecule has 0 saturated heterocycles. The van der Waals surface area contributed by atoms with Crippen LogP contribution < -0.4 is 0 Å². The van der Waals surface area contributed by atoms with Crippen LogP contribution in [-0.2, 0) is 0 Å². The van der Waals surface area contributed by atoms with E-state index >= 15 is 0 Å². The Morgan fingerprint density at radius 3 is 0.457 bits per heavy atom. The van der Waals surface area contributed by atoms with Crippen molar-refractivity contribution < 1.29 is 0 Å². The molecule has 10 atom stereocenters. The fourth-order valence-electron chi connectivity index (χ4n) is 27.6. The highest BCUT2D eigenvalue weighted by atomic mass is 15.3. The second kappa shape index (κ2) is 29.2. The van der Waals surface area contributed by atoms with Crippen molar-refractivity contribution in [1.29, 1.82) is 0 Å². The molecule has 94 heavy (non-hydrogen) atoms. The summed E-state index contributed by atoms with van der Waals surface area (Å²) in [7, 11) is 0. The number of hydrogen-bond donors (Lipinski definition) is 0. The van der Waals surface area contributed by atoms with E-state index in [4.69, 9.17) is 0 Å². The zero-order chi connectivity index (χ0) is 67.2. The van der Waals surface area contributed by atoms with Gasteiger partial charge in [0.05, 0.1) is 0 Å². The minimum atomic E-state index is 0.415. The van der Waals surface area contributed by atoms with Crippen LogP contribution in [-0.4, -0.2) is 92.1 Å². The highest BCUT2D eigenvalue weighted by Gasteiger charge is 2.65. The highest BCUT2D eigenvalue weighted by Crippen LogP contribution is 2.66. The summed E-state index contributed by atoms with van der Waals surface area (Å²) in [6.45, 7) is 52.2. The molecule has 12 aliphatic rings. The maximum absolute atomic E-state index is 3.63. The molecule has 0 aromatic rings. The summed E-state index contributed by atoms with van der Waals surface area (Å²) in [5, 5.41) is 0. The Balaban J connectivity index is 1.02. The Kier molecular flexibility index (Phi) is 22.8. The van der Waals surface area contributed by atoms with Gasteiger partial charge in [0.15, 0.2) is 0 Å². The zero-order valence-electron chi connectivity index (χ0n) is 66.7. The minimum absolute atomic E-state index is 0.415. The van der Waals surface area contributed by atoms with Gasteiger partial charge in [-0.25, -0.2) is 0 Å². The van der Waals surface area contributed by atoms with Crippen molar-refractivity contribution in [3.05, 3.63) is 0 Å². The first kappa shape index (κ1) is 73.6. The zero-order valence-corrected chi connectivity index (χ0v) is 66.7. The molecular formula is C90H162N4. The van der Waals surface area contributed by atoms with Crippen LogP contribution >= 0.6 is 0 Å². The molecule has 0 aromatic heterocycles. The molecule has 0 aromatic carbocycles. The van der Waals surface area contributed by atoms with Crippen LogP contribution in [0, 0.1) is 115 Å². The summed E-state index contributed by atoms with van der Waals surface area (Å²) in [5.41, 5.74) is 2.50. The molecule has 12 aliphatic carbocycles. The Morgan fingerprint density at radius 2 is 0.319 bits per heavy atom. The topological polar surface area (TPSA) is 13.0 Å². The van der Waals surface area contributed by atoms with Crippen molar-refractivity contribution in [2.45, 2.75) is 455 Å². The van der Waals surface area contributed by atoms with Gasteiger partial charge in [-0.1, -0.05) is 138 Å². The lowest BCUT2D eigenvalue weighted by atomic mass is 9.44. The predicted molar refractivity (Wildman–Crippen MR) is 405 cm³/mol. The Bertz CT molecular complexity index is 2080. The molecule has 0 N–H and O–H groups in total. The van der Waals surface area contributed by atoms with Crippen LogP contribution in [0.2, 0.25) is 0 Å². The van der Waals surface area contributed by atoms with Gasteiger partial charge in [0.1, 0.15) is 0 Å². The number of nitrogens with zero attached hydrogens (tertiary/aromatic N) is 4. The van der Waals surface area contributed by atoms with Crippen LogP contribution in [0.5, 0.6) is 0 Å². The van der Waals surface area contributed by atoms with E-state index < -0.39 is 0 Å². The fraction of sp³-hybridized carbons (Fsp3) is 1.00. The third-order valence-corrected chi connectivity index (χ3v) is 33.4. The van der Waals surface area contributed by atoms with Gasteiger partial charge in [-0.05, 0) is 359 Å². The van der Waals surface area contributed by atoms with Gasteiger partial charge in [-0.3, -0.25) is 19.6 Å². The highest BCUT2D eigenvalue weighted by molar-refractivity contribution is 5.17. The molecule has 4 heteroatoms. The molecule has 0 amide bonds. The Hall–Kier alpha value is -0.160. The van der Waals surface area contributed by atoms with Crippen LogP contribution in [0.3, 0.4) is 0 Å². The molecule has 12 saturated carbocycles. The van der Waals surface area contributed by atoms with Gasteiger partial charge in [0, 0.05) is 72.5 Å². The van der Waals surface area contributed by atoms with E-state index in [0.717, 1.165) is 155 Å². The van der Waals surface area contributed by atoms with Gasteiger partial charge in [-0.2, -0.15) is 0 Å². The van der Waals surface area contributed by atoms with Crippen LogP contribution in [0.15, 0.2) is 0 Å². The summed E-state index contributed by atoms with van der Waals surface area (Å²) < 4.78 is 0. The van der Waals surface area contributed by atoms with E-state index in [1.165, 1.54) is 218 Å². The van der Waals surface area contributed by atoms with E-state index in [-0.39, 0.29) is 0 Å². The van der Waals surface area contributed by atoms with E-state index in [2.05, 4.69) is 158 Å². The van der Waals surface area contributed by atoms with Crippen LogP contribution in [0.1, 0.15) is 382 Å². The van der Waals surface area contributed by atoms with Crippen molar-refractivity contribution in [2.75, 3.05) is 0 Å². The van der Waals surface area contributed by atoms with Gasteiger partial charge in [0.2, 0.25) is 0 Å². The molecule has 4 nitrogen and oxygen atoms in total. The molecule has 0 heterocycles.